The molecule has 2 aliphatic heterocycles. The largest absolute Gasteiger partial charge is 0.353 e. The van der Waals surface area contributed by atoms with E-state index in [1.165, 1.54) is 38.8 Å². The second-order valence-electron chi connectivity index (χ2n) is 6.34. The lowest BCUT2D eigenvalue weighted by Gasteiger charge is -2.36. The fourth-order valence-electron chi connectivity index (χ4n) is 3.20. The minimum absolute atomic E-state index is 0. The Morgan fingerprint density at radius 2 is 2.05 bits per heavy atom. The van der Waals surface area contributed by atoms with Crippen LogP contribution < -0.4 is 10.6 Å². The van der Waals surface area contributed by atoms with Crippen LogP contribution in [0.2, 0.25) is 0 Å². The SMILES string of the molecule is CC1CCCN(C(C)CNC(=O)C2CCCCN2)C1.Cl.Cl. The molecule has 3 unspecified atom stereocenters. The summed E-state index contributed by atoms with van der Waals surface area (Å²) in [7, 11) is 0. The summed E-state index contributed by atoms with van der Waals surface area (Å²) < 4.78 is 0. The van der Waals surface area contributed by atoms with Crippen LogP contribution in [0.5, 0.6) is 0 Å². The summed E-state index contributed by atoms with van der Waals surface area (Å²) in [5, 5.41) is 6.42. The Kier molecular flexibility index (Phi) is 10.6. The summed E-state index contributed by atoms with van der Waals surface area (Å²) >= 11 is 0. The van der Waals surface area contributed by atoms with Crippen molar-refractivity contribution < 1.29 is 4.79 Å². The van der Waals surface area contributed by atoms with Crippen molar-refractivity contribution in [3.8, 4) is 0 Å². The van der Waals surface area contributed by atoms with E-state index in [-0.39, 0.29) is 36.8 Å². The van der Waals surface area contributed by atoms with E-state index in [0.29, 0.717) is 6.04 Å². The molecule has 0 aromatic carbocycles. The molecular formula is C15H31Cl2N3O. The Morgan fingerprint density at radius 3 is 2.67 bits per heavy atom. The molecule has 0 radical (unpaired) electrons. The standard InChI is InChI=1S/C15H29N3O.2ClH/c1-12-6-5-9-18(11-12)13(2)10-17-15(19)14-7-3-4-8-16-14;;/h12-14,16H,3-11H2,1-2H3,(H,17,19);2*1H. The molecule has 0 aromatic heterocycles. The van der Waals surface area contributed by atoms with Gasteiger partial charge in [-0.25, -0.2) is 0 Å². The van der Waals surface area contributed by atoms with Crippen LogP contribution in [0.1, 0.15) is 46.0 Å². The Labute approximate surface area is 141 Å². The lowest BCUT2D eigenvalue weighted by atomic mass is 9.99. The minimum Gasteiger partial charge on any atom is -0.353 e. The molecule has 2 saturated heterocycles. The number of nitrogens with zero attached hydrogens (tertiary/aromatic N) is 1. The van der Waals surface area contributed by atoms with Crippen molar-refractivity contribution in [3.05, 3.63) is 0 Å². The van der Waals surface area contributed by atoms with Gasteiger partial charge in [0.25, 0.3) is 0 Å². The van der Waals surface area contributed by atoms with Gasteiger partial charge in [-0.3, -0.25) is 9.69 Å². The van der Waals surface area contributed by atoms with Crippen LogP contribution in [0.25, 0.3) is 0 Å². The predicted octanol–water partition coefficient (Wildman–Crippen LogP) is 2.21. The summed E-state index contributed by atoms with van der Waals surface area (Å²) in [5.41, 5.74) is 0. The third kappa shape index (κ3) is 6.72. The van der Waals surface area contributed by atoms with E-state index in [1.807, 2.05) is 0 Å². The number of halogens is 2. The zero-order chi connectivity index (χ0) is 13.7. The number of likely N-dealkylation sites (tertiary alicyclic amines) is 1. The number of amides is 1. The molecule has 1 amide bonds. The molecule has 0 saturated carbocycles. The van der Waals surface area contributed by atoms with Crippen LogP contribution in [0.15, 0.2) is 0 Å². The van der Waals surface area contributed by atoms with Gasteiger partial charge in [-0.15, -0.1) is 24.8 Å². The lowest BCUT2D eigenvalue weighted by molar-refractivity contribution is -0.123. The molecule has 4 nitrogen and oxygen atoms in total. The third-order valence-corrected chi connectivity index (χ3v) is 4.51. The molecule has 0 aliphatic carbocycles. The van der Waals surface area contributed by atoms with E-state index in [1.54, 1.807) is 0 Å². The average Bonchev–Trinajstić information content (AvgIpc) is 2.45. The fraction of sp³-hybridized carbons (Fsp3) is 0.933. The smallest absolute Gasteiger partial charge is 0.237 e. The van der Waals surface area contributed by atoms with Gasteiger partial charge in [0.15, 0.2) is 0 Å². The molecule has 0 aromatic rings. The summed E-state index contributed by atoms with van der Waals surface area (Å²) in [5.74, 6) is 0.989. The molecule has 0 bridgehead atoms. The van der Waals surface area contributed by atoms with E-state index < -0.39 is 0 Å². The highest BCUT2D eigenvalue weighted by molar-refractivity contribution is 5.85. The lowest BCUT2D eigenvalue weighted by Crippen LogP contribution is -2.51. The molecule has 21 heavy (non-hydrogen) atoms. The van der Waals surface area contributed by atoms with Crippen LogP contribution in [-0.2, 0) is 4.79 Å². The number of hydrogen-bond acceptors (Lipinski definition) is 3. The minimum atomic E-state index is 0. The first-order chi connectivity index (χ1) is 9.16. The molecule has 2 fully saturated rings. The molecule has 0 spiro atoms. The second kappa shape index (κ2) is 10.7. The maximum absolute atomic E-state index is 12.1. The number of nitrogens with one attached hydrogen (secondary N) is 2. The Balaban J connectivity index is 0.00000200. The zero-order valence-electron chi connectivity index (χ0n) is 13.3. The van der Waals surface area contributed by atoms with Gasteiger partial charge in [-0.05, 0) is 51.6 Å². The highest BCUT2D eigenvalue weighted by Gasteiger charge is 2.23. The monoisotopic (exact) mass is 339 g/mol. The van der Waals surface area contributed by atoms with Gasteiger partial charge in [0.1, 0.15) is 0 Å². The van der Waals surface area contributed by atoms with Crippen molar-refractivity contribution in [1.29, 1.82) is 0 Å². The maximum Gasteiger partial charge on any atom is 0.237 e. The van der Waals surface area contributed by atoms with Crippen molar-refractivity contribution in [3.63, 3.8) is 0 Å². The van der Waals surface area contributed by atoms with Gasteiger partial charge in [0.05, 0.1) is 6.04 Å². The summed E-state index contributed by atoms with van der Waals surface area (Å²) in [6.07, 6.45) is 6.00. The number of carbonyl (C=O) groups is 1. The van der Waals surface area contributed by atoms with E-state index in [0.717, 1.165) is 25.4 Å². The van der Waals surface area contributed by atoms with E-state index in [9.17, 15) is 4.79 Å². The highest BCUT2D eigenvalue weighted by atomic mass is 35.5. The van der Waals surface area contributed by atoms with E-state index in [2.05, 4.69) is 29.4 Å². The number of piperidine rings is 2. The second-order valence-corrected chi connectivity index (χ2v) is 6.34. The van der Waals surface area contributed by atoms with Gasteiger partial charge in [-0.1, -0.05) is 13.3 Å². The molecule has 2 heterocycles. The van der Waals surface area contributed by atoms with Gasteiger partial charge >= 0.3 is 0 Å². The zero-order valence-corrected chi connectivity index (χ0v) is 14.9. The Morgan fingerprint density at radius 1 is 1.29 bits per heavy atom. The van der Waals surface area contributed by atoms with Gasteiger partial charge in [0.2, 0.25) is 5.91 Å². The Hall–Kier alpha value is -0.0300. The summed E-state index contributed by atoms with van der Waals surface area (Å²) in [6.45, 7) is 8.68. The topological polar surface area (TPSA) is 44.4 Å². The van der Waals surface area contributed by atoms with E-state index >= 15 is 0 Å². The van der Waals surface area contributed by atoms with Crippen LogP contribution in [-0.4, -0.2) is 49.1 Å². The van der Waals surface area contributed by atoms with Crippen molar-refractivity contribution in [2.45, 2.75) is 58.0 Å². The van der Waals surface area contributed by atoms with Gasteiger partial charge < -0.3 is 10.6 Å². The molecule has 126 valence electrons. The molecule has 3 atom stereocenters. The van der Waals surface area contributed by atoms with Crippen molar-refractivity contribution in [2.24, 2.45) is 5.92 Å². The fourth-order valence-corrected chi connectivity index (χ4v) is 3.20. The van der Waals surface area contributed by atoms with Crippen molar-refractivity contribution in [2.75, 3.05) is 26.2 Å². The van der Waals surface area contributed by atoms with Crippen molar-refractivity contribution in [1.82, 2.24) is 15.5 Å². The van der Waals surface area contributed by atoms with Crippen molar-refractivity contribution >= 4 is 30.7 Å². The normalized spacial score (nSPS) is 27.9. The number of carbonyl (C=O) groups excluding carboxylic acids is 1. The van der Waals surface area contributed by atoms with E-state index in [4.69, 9.17) is 0 Å². The highest BCUT2D eigenvalue weighted by Crippen LogP contribution is 2.17. The molecule has 2 N–H and O–H groups in total. The average molecular weight is 340 g/mol. The quantitative estimate of drug-likeness (QED) is 0.825. The predicted molar refractivity (Wildman–Crippen MR) is 92.6 cm³/mol. The van der Waals surface area contributed by atoms with Crippen LogP contribution in [0.3, 0.4) is 0 Å². The first kappa shape index (κ1) is 21.0. The molecule has 2 rings (SSSR count). The summed E-state index contributed by atoms with van der Waals surface area (Å²) in [4.78, 5) is 14.6. The maximum atomic E-state index is 12.1. The summed E-state index contributed by atoms with van der Waals surface area (Å²) in [6, 6.07) is 0.497. The first-order valence-electron chi connectivity index (χ1n) is 7.92. The van der Waals surface area contributed by atoms with Gasteiger partial charge in [0, 0.05) is 19.1 Å². The third-order valence-electron chi connectivity index (χ3n) is 4.51. The number of rotatable bonds is 4. The van der Waals surface area contributed by atoms with Crippen LogP contribution >= 0.6 is 24.8 Å². The molecule has 6 heteroatoms. The van der Waals surface area contributed by atoms with Gasteiger partial charge in [-0.2, -0.15) is 0 Å². The molecular weight excluding hydrogens is 309 g/mol. The molecule has 2 aliphatic rings. The Bertz CT molecular complexity index is 299. The van der Waals surface area contributed by atoms with Crippen LogP contribution in [0.4, 0.5) is 0 Å². The number of hydrogen-bond donors (Lipinski definition) is 2. The van der Waals surface area contributed by atoms with Crippen LogP contribution in [0, 0.1) is 5.92 Å². The first-order valence-corrected chi connectivity index (χ1v) is 7.92.